The maximum atomic E-state index is 9.01. The summed E-state index contributed by atoms with van der Waals surface area (Å²) in [5.74, 6) is 0.931. The van der Waals surface area contributed by atoms with Crippen LogP contribution in [0.3, 0.4) is 0 Å². The Morgan fingerprint density at radius 3 is 2.42 bits per heavy atom. The Morgan fingerprint density at radius 1 is 1.21 bits per heavy atom. The van der Waals surface area contributed by atoms with Crippen LogP contribution in [0.1, 0.15) is 51.6 Å². The van der Waals surface area contributed by atoms with Crippen molar-refractivity contribution in [2.75, 3.05) is 13.2 Å². The molecule has 2 N–H and O–H groups in total. The summed E-state index contributed by atoms with van der Waals surface area (Å²) in [4.78, 5) is 0. The van der Waals surface area contributed by atoms with Crippen LogP contribution in [0.5, 0.6) is 5.75 Å². The van der Waals surface area contributed by atoms with Crippen molar-refractivity contribution in [1.82, 2.24) is 5.32 Å². The standard InChI is InChI=1S/C16H27NO2/c1-4-12-19-16-8-6-14(7-9-16)13(3)17-15(5-2)10-11-18/h6-9,13,15,17-18H,4-5,10-12H2,1-3H3. The molecule has 1 rings (SSSR count). The van der Waals surface area contributed by atoms with Crippen molar-refractivity contribution in [2.45, 2.75) is 52.1 Å². The average molecular weight is 265 g/mol. The van der Waals surface area contributed by atoms with Gasteiger partial charge in [-0.3, -0.25) is 0 Å². The summed E-state index contributed by atoms with van der Waals surface area (Å²) in [6, 6.07) is 8.92. The van der Waals surface area contributed by atoms with E-state index in [4.69, 9.17) is 9.84 Å². The van der Waals surface area contributed by atoms with Crippen molar-refractivity contribution >= 4 is 0 Å². The first kappa shape index (κ1) is 16.0. The summed E-state index contributed by atoms with van der Waals surface area (Å²) < 4.78 is 5.58. The highest BCUT2D eigenvalue weighted by Crippen LogP contribution is 2.19. The van der Waals surface area contributed by atoms with Crippen LogP contribution in [-0.4, -0.2) is 24.4 Å². The molecule has 1 aromatic rings. The molecule has 0 spiro atoms. The van der Waals surface area contributed by atoms with Gasteiger partial charge < -0.3 is 15.2 Å². The van der Waals surface area contributed by atoms with E-state index in [0.717, 1.165) is 31.6 Å². The minimum absolute atomic E-state index is 0.238. The quantitative estimate of drug-likeness (QED) is 0.720. The zero-order valence-corrected chi connectivity index (χ0v) is 12.4. The lowest BCUT2D eigenvalue weighted by molar-refractivity contribution is 0.257. The predicted octanol–water partition coefficient (Wildman–Crippen LogP) is 3.29. The summed E-state index contributed by atoms with van der Waals surface area (Å²) in [5.41, 5.74) is 1.25. The zero-order chi connectivity index (χ0) is 14.1. The van der Waals surface area contributed by atoms with E-state index >= 15 is 0 Å². The molecule has 0 radical (unpaired) electrons. The summed E-state index contributed by atoms with van der Waals surface area (Å²) in [5, 5.41) is 12.6. The van der Waals surface area contributed by atoms with Crippen LogP contribution in [0, 0.1) is 0 Å². The molecule has 0 bridgehead atoms. The number of hydrogen-bond acceptors (Lipinski definition) is 3. The van der Waals surface area contributed by atoms with Gasteiger partial charge in [-0.25, -0.2) is 0 Å². The predicted molar refractivity (Wildman–Crippen MR) is 79.6 cm³/mol. The number of benzene rings is 1. The number of aliphatic hydroxyl groups is 1. The first-order chi connectivity index (χ1) is 9.21. The molecule has 0 heterocycles. The van der Waals surface area contributed by atoms with Crippen LogP contribution < -0.4 is 10.1 Å². The second kappa shape index (κ2) is 8.94. The fourth-order valence-corrected chi connectivity index (χ4v) is 2.08. The second-order valence-electron chi connectivity index (χ2n) is 4.92. The van der Waals surface area contributed by atoms with Crippen molar-refractivity contribution < 1.29 is 9.84 Å². The Morgan fingerprint density at radius 2 is 1.89 bits per heavy atom. The van der Waals surface area contributed by atoms with E-state index in [1.165, 1.54) is 5.56 Å². The Hall–Kier alpha value is -1.06. The molecule has 108 valence electrons. The molecule has 1 aromatic carbocycles. The van der Waals surface area contributed by atoms with Crippen molar-refractivity contribution in [3.05, 3.63) is 29.8 Å². The zero-order valence-electron chi connectivity index (χ0n) is 12.4. The number of ether oxygens (including phenoxy) is 1. The highest BCUT2D eigenvalue weighted by atomic mass is 16.5. The van der Waals surface area contributed by atoms with Gasteiger partial charge in [-0.1, -0.05) is 26.0 Å². The minimum atomic E-state index is 0.238. The van der Waals surface area contributed by atoms with E-state index in [-0.39, 0.29) is 12.6 Å². The van der Waals surface area contributed by atoms with E-state index in [0.29, 0.717) is 6.04 Å². The first-order valence-electron chi connectivity index (χ1n) is 7.30. The van der Waals surface area contributed by atoms with Gasteiger partial charge in [0, 0.05) is 18.7 Å². The monoisotopic (exact) mass is 265 g/mol. The molecule has 0 aliphatic heterocycles. The molecule has 0 aliphatic rings. The first-order valence-corrected chi connectivity index (χ1v) is 7.30. The molecule has 0 saturated heterocycles. The minimum Gasteiger partial charge on any atom is -0.494 e. The highest BCUT2D eigenvalue weighted by Gasteiger charge is 2.11. The van der Waals surface area contributed by atoms with Crippen LogP contribution in [-0.2, 0) is 0 Å². The van der Waals surface area contributed by atoms with Crippen molar-refractivity contribution in [3.8, 4) is 5.75 Å². The van der Waals surface area contributed by atoms with Crippen molar-refractivity contribution in [3.63, 3.8) is 0 Å². The van der Waals surface area contributed by atoms with Crippen LogP contribution >= 0.6 is 0 Å². The van der Waals surface area contributed by atoms with E-state index in [1.807, 2.05) is 12.1 Å². The van der Waals surface area contributed by atoms with E-state index in [1.54, 1.807) is 0 Å². The largest absolute Gasteiger partial charge is 0.494 e. The summed E-state index contributed by atoms with van der Waals surface area (Å²) in [6.07, 6.45) is 2.86. The number of rotatable bonds is 9. The Bertz CT molecular complexity index is 337. The molecule has 3 nitrogen and oxygen atoms in total. The third-order valence-corrected chi connectivity index (χ3v) is 3.31. The number of hydrogen-bond donors (Lipinski definition) is 2. The van der Waals surface area contributed by atoms with Gasteiger partial charge in [-0.15, -0.1) is 0 Å². The molecule has 3 heteroatoms. The van der Waals surface area contributed by atoms with Gasteiger partial charge >= 0.3 is 0 Å². The molecule has 2 atom stereocenters. The molecule has 0 saturated carbocycles. The van der Waals surface area contributed by atoms with Gasteiger partial charge in [0.05, 0.1) is 6.61 Å². The molecule has 0 amide bonds. The van der Waals surface area contributed by atoms with Crippen LogP contribution in [0.2, 0.25) is 0 Å². The van der Waals surface area contributed by atoms with Crippen LogP contribution in [0.15, 0.2) is 24.3 Å². The van der Waals surface area contributed by atoms with E-state index < -0.39 is 0 Å². The number of aliphatic hydroxyl groups excluding tert-OH is 1. The summed E-state index contributed by atoms with van der Waals surface area (Å²) >= 11 is 0. The van der Waals surface area contributed by atoms with Gasteiger partial charge in [0.25, 0.3) is 0 Å². The molecule has 0 fully saturated rings. The molecular weight excluding hydrogens is 238 g/mol. The normalized spacial score (nSPS) is 14.1. The molecular formula is C16H27NO2. The third-order valence-electron chi connectivity index (χ3n) is 3.31. The average Bonchev–Trinajstić information content (AvgIpc) is 2.45. The Balaban J connectivity index is 2.54. The molecule has 2 unspecified atom stereocenters. The molecule has 0 aromatic heterocycles. The molecule has 0 aliphatic carbocycles. The fourth-order valence-electron chi connectivity index (χ4n) is 2.08. The smallest absolute Gasteiger partial charge is 0.119 e. The van der Waals surface area contributed by atoms with Crippen molar-refractivity contribution in [1.29, 1.82) is 0 Å². The maximum absolute atomic E-state index is 9.01. The van der Waals surface area contributed by atoms with Crippen LogP contribution in [0.25, 0.3) is 0 Å². The van der Waals surface area contributed by atoms with Gasteiger partial charge in [0.15, 0.2) is 0 Å². The van der Waals surface area contributed by atoms with Crippen LogP contribution in [0.4, 0.5) is 0 Å². The lowest BCUT2D eigenvalue weighted by Crippen LogP contribution is -2.31. The lowest BCUT2D eigenvalue weighted by atomic mass is 10.1. The van der Waals surface area contributed by atoms with E-state index in [9.17, 15) is 0 Å². The fraction of sp³-hybridized carbons (Fsp3) is 0.625. The SMILES string of the molecule is CCCOc1ccc(C(C)NC(CC)CCO)cc1. The lowest BCUT2D eigenvalue weighted by Gasteiger charge is -2.22. The third kappa shape index (κ3) is 5.62. The van der Waals surface area contributed by atoms with Gasteiger partial charge in [0.2, 0.25) is 0 Å². The Labute approximate surface area is 117 Å². The van der Waals surface area contributed by atoms with Gasteiger partial charge in [-0.2, -0.15) is 0 Å². The summed E-state index contributed by atoms with van der Waals surface area (Å²) in [7, 11) is 0. The second-order valence-corrected chi connectivity index (χ2v) is 4.92. The van der Waals surface area contributed by atoms with Crippen molar-refractivity contribution in [2.24, 2.45) is 0 Å². The molecule has 19 heavy (non-hydrogen) atoms. The Kier molecular flexibility index (Phi) is 7.53. The maximum Gasteiger partial charge on any atom is 0.119 e. The topological polar surface area (TPSA) is 41.5 Å². The number of nitrogens with one attached hydrogen (secondary N) is 1. The highest BCUT2D eigenvalue weighted by molar-refractivity contribution is 5.29. The van der Waals surface area contributed by atoms with Gasteiger partial charge in [0.1, 0.15) is 5.75 Å². The van der Waals surface area contributed by atoms with Gasteiger partial charge in [-0.05, 0) is 43.9 Å². The van der Waals surface area contributed by atoms with E-state index in [2.05, 4.69) is 38.2 Å². The summed E-state index contributed by atoms with van der Waals surface area (Å²) in [6.45, 7) is 7.40.